The fraction of sp³-hybridized carbons (Fsp3) is 0.250. The lowest BCUT2D eigenvalue weighted by Crippen LogP contribution is -2.09. The first-order chi connectivity index (χ1) is 7.59. The van der Waals surface area contributed by atoms with Gasteiger partial charge in [0.05, 0.1) is 5.52 Å². The maximum Gasteiger partial charge on any atom is 0.265 e. The molecule has 3 nitrogen and oxygen atoms in total. The number of pyridine rings is 1. The van der Waals surface area contributed by atoms with Gasteiger partial charge >= 0.3 is 0 Å². The predicted octanol–water partition coefficient (Wildman–Crippen LogP) is 2.73. The average Bonchev–Trinajstić information content (AvgIpc) is 2.24. The monoisotopic (exact) mass is 235 g/mol. The van der Waals surface area contributed by atoms with Crippen molar-refractivity contribution < 1.29 is 5.11 Å². The molecule has 0 unspecified atom stereocenters. The van der Waals surface area contributed by atoms with Crippen LogP contribution < -0.4 is 5.56 Å². The number of benzene rings is 1. The van der Waals surface area contributed by atoms with E-state index in [9.17, 15) is 9.90 Å². The summed E-state index contributed by atoms with van der Waals surface area (Å²) in [7, 11) is 0. The summed E-state index contributed by atoms with van der Waals surface area (Å²) >= 11 is 1.37. The van der Waals surface area contributed by atoms with Gasteiger partial charge in [-0.25, -0.2) is 0 Å². The Labute approximate surface area is 97.5 Å². The first-order valence-electron chi connectivity index (χ1n) is 5.10. The summed E-state index contributed by atoms with van der Waals surface area (Å²) in [6.45, 7) is 3.97. The molecule has 0 saturated heterocycles. The summed E-state index contributed by atoms with van der Waals surface area (Å²) in [4.78, 5) is 14.9. The van der Waals surface area contributed by atoms with Crippen molar-refractivity contribution in [3.05, 3.63) is 34.6 Å². The van der Waals surface area contributed by atoms with Gasteiger partial charge < -0.3 is 10.1 Å². The smallest absolute Gasteiger partial charge is 0.265 e. The number of thioether (sulfide) groups is 1. The number of H-pyrrole nitrogens is 1. The molecule has 0 bridgehead atoms. The number of para-hydroxylation sites is 1. The Morgan fingerprint density at radius 2 is 2.00 bits per heavy atom. The van der Waals surface area contributed by atoms with Crippen LogP contribution in [0.5, 0.6) is 5.75 Å². The summed E-state index contributed by atoms with van der Waals surface area (Å²) in [5.74, 6) is 0.0815. The molecule has 4 heteroatoms. The van der Waals surface area contributed by atoms with Crippen molar-refractivity contribution in [2.45, 2.75) is 24.0 Å². The maximum atomic E-state index is 11.8. The van der Waals surface area contributed by atoms with E-state index < -0.39 is 0 Å². The Morgan fingerprint density at radius 3 is 2.69 bits per heavy atom. The number of hydrogen-bond donors (Lipinski definition) is 2. The third-order valence-electron chi connectivity index (χ3n) is 2.21. The van der Waals surface area contributed by atoms with Crippen LogP contribution in [-0.4, -0.2) is 15.3 Å². The Morgan fingerprint density at radius 1 is 1.31 bits per heavy atom. The molecule has 0 atom stereocenters. The minimum atomic E-state index is -0.227. The Hall–Kier alpha value is -1.42. The molecule has 16 heavy (non-hydrogen) atoms. The zero-order chi connectivity index (χ0) is 11.7. The molecule has 0 fully saturated rings. The lowest BCUT2D eigenvalue weighted by atomic mass is 10.2. The van der Waals surface area contributed by atoms with Crippen LogP contribution in [0.2, 0.25) is 0 Å². The van der Waals surface area contributed by atoms with Crippen molar-refractivity contribution in [2.75, 3.05) is 0 Å². The number of aromatic nitrogens is 1. The quantitative estimate of drug-likeness (QED) is 0.787. The molecule has 0 saturated carbocycles. The average molecular weight is 235 g/mol. The molecular formula is C12H13NO2S. The van der Waals surface area contributed by atoms with Gasteiger partial charge in [0.1, 0.15) is 10.6 Å². The molecule has 84 valence electrons. The second-order valence-electron chi connectivity index (χ2n) is 3.84. The van der Waals surface area contributed by atoms with Crippen LogP contribution in [0.15, 0.2) is 34.0 Å². The molecule has 1 aromatic heterocycles. The number of rotatable bonds is 2. The molecule has 1 aromatic carbocycles. The Kier molecular flexibility index (Phi) is 2.92. The first-order valence-corrected chi connectivity index (χ1v) is 5.98. The highest BCUT2D eigenvalue weighted by atomic mass is 32.2. The number of fused-ring (bicyclic) bond motifs is 1. The number of aromatic hydroxyl groups is 1. The van der Waals surface area contributed by atoms with Crippen LogP contribution in [-0.2, 0) is 0 Å². The molecule has 1 heterocycles. The SMILES string of the molecule is CC(C)Sc1c(O)c2ccccc2[nH]c1=O. The normalized spacial score (nSPS) is 11.2. The van der Waals surface area contributed by atoms with Gasteiger partial charge in [0.15, 0.2) is 0 Å². The summed E-state index contributed by atoms with van der Waals surface area (Å²) in [6, 6.07) is 7.24. The van der Waals surface area contributed by atoms with E-state index in [2.05, 4.69) is 4.98 Å². The van der Waals surface area contributed by atoms with E-state index in [4.69, 9.17) is 0 Å². The standard InChI is InChI=1S/C12H13NO2S/c1-7(2)16-11-10(14)8-5-3-4-6-9(8)13-12(11)15/h3-7H,1-2H3,(H2,13,14,15). The van der Waals surface area contributed by atoms with E-state index in [0.29, 0.717) is 15.8 Å². The van der Waals surface area contributed by atoms with Crippen LogP contribution >= 0.6 is 11.8 Å². The fourth-order valence-corrected chi connectivity index (χ4v) is 2.40. The van der Waals surface area contributed by atoms with Crippen LogP contribution in [0, 0.1) is 0 Å². The molecule has 0 aliphatic carbocycles. The summed E-state index contributed by atoms with van der Waals surface area (Å²) in [5, 5.41) is 11.0. The zero-order valence-corrected chi connectivity index (χ0v) is 9.97. The predicted molar refractivity (Wildman–Crippen MR) is 67.2 cm³/mol. The van der Waals surface area contributed by atoms with Gasteiger partial charge in [0.2, 0.25) is 0 Å². The highest BCUT2D eigenvalue weighted by Crippen LogP contribution is 2.32. The summed E-state index contributed by atoms with van der Waals surface area (Å²) < 4.78 is 0. The molecule has 2 aromatic rings. The maximum absolute atomic E-state index is 11.8. The second-order valence-corrected chi connectivity index (χ2v) is 5.43. The van der Waals surface area contributed by atoms with E-state index >= 15 is 0 Å². The molecule has 0 aliphatic rings. The topological polar surface area (TPSA) is 53.1 Å². The lowest BCUT2D eigenvalue weighted by Gasteiger charge is -2.08. The van der Waals surface area contributed by atoms with Crippen molar-refractivity contribution in [2.24, 2.45) is 0 Å². The van der Waals surface area contributed by atoms with Crippen molar-refractivity contribution in [1.82, 2.24) is 4.98 Å². The van der Waals surface area contributed by atoms with Crippen LogP contribution in [0.3, 0.4) is 0 Å². The number of hydrogen-bond acceptors (Lipinski definition) is 3. The first kappa shape index (κ1) is 11.1. The van der Waals surface area contributed by atoms with Crippen molar-refractivity contribution in [1.29, 1.82) is 0 Å². The molecule has 0 radical (unpaired) electrons. The number of nitrogens with one attached hydrogen (secondary N) is 1. The highest BCUT2D eigenvalue weighted by Gasteiger charge is 2.13. The molecule has 0 spiro atoms. The lowest BCUT2D eigenvalue weighted by molar-refractivity contribution is 0.467. The van der Waals surface area contributed by atoms with Crippen LogP contribution in [0.4, 0.5) is 0 Å². The van der Waals surface area contributed by atoms with Gasteiger partial charge in [-0.05, 0) is 12.1 Å². The molecule has 0 amide bonds. The van der Waals surface area contributed by atoms with Crippen molar-refractivity contribution in [3.63, 3.8) is 0 Å². The van der Waals surface area contributed by atoms with Crippen molar-refractivity contribution >= 4 is 22.7 Å². The molecular weight excluding hydrogens is 222 g/mol. The van der Waals surface area contributed by atoms with E-state index in [1.807, 2.05) is 26.0 Å². The minimum absolute atomic E-state index is 0.0815. The summed E-state index contributed by atoms with van der Waals surface area (Å²) in [5.41, 5.74) is 0.438. The molecule has 0 aliphatic heterocycles. The number of aromatic amines is 1. The van der Waals surface area contributed by atoms with Gasteiger partial charge in [0, 0.05) is 10.6 Å². The van der Waals surface area contributed by atoms with E-state index in [1.54, 1.807) is 12.1 Å². The van der Waals surface area contributed by atoms with Gasteiger partial charge in [-0.1, -0.05) is 26.0 Å². The van der Waals surface area contributed by atoms with Crippen LogP contribution in [0.25, 0.3) is 10.9 Å². The van der Waals surface area contributed by atoms with Crippen molar-refractivity contribution in [3.8, 4) is 5.75 Å². The van der Waals surface area contributed by atoms with E-state index in [0.717, 1.165) is 0 Å². The minimum Gasteiger partial charge on any atom is -0.506 e. The van der Waals surface area contributed by atoms with E-state index in [1.165, 1.54) is 11.8 Å². The summed E-state index contributed by atoms with van der Waals surface area (Å²) in [6.07, 6.45) is 0. The van der Waals surface area contributed by atoms with Gasteiger partial charge in [0.25, 0.3) is 5.56 Å². The largest absolute Gasteiger partial charge is 0.506 e. The Balaban J connectivity index is 2.71. The van der Waals surface area contributed by atoms with E-state index in [-0.39, 0.29) is 16.6 Å². The Bertz CT molecular complexity index is 575. The zero-order valence-electron chi connectivity index (χ0n) is 9.15. The molecule has 2 rings (SSSR count). The van der Waals surface area contributed by atoms with Crippen LogP contribution in [0.1, 0.15) is 13.8 Å². The van der Waals surface area contributed by atoms with Gasteiger partial charge in [-0.15, -0.1) is 11.8 Å². The third kappa shape index (κ3) is 1.93. The third-order valence-corrected chi connectivity index (χ3v) is 3.29. The second kappa shape index (κ2) is 4.22. The van der Waals surface area contributed by atoms with Gasteiger partial charge in [-0.3, -0.25) is 4.79 Å². The molecule has 2 N–H and O–H groups in total. The fourth-order valence-electron chi connectivity index (χ4n) is 1.55. The highest BCUT2D eigenvalue weighted by molar-refractivity contribution is 8.00. The van der Waals surface area contributed by atoms with Gasteiger partial charge in [-0.2, -0.15) is 0 Å².